The molecule has 1 atom stereocenters. The predicted molar refractivity (Wildman–Crippen MR) is 69.3 cm³/mol. The van der Waals surface area contributed by atoms with Gasteiger partial charge in [0, 0.05) is 17.7 Å². The molecule has 106 valence electrons. The minimum Gasteiger partial charge on any atom is -0.310 e. The first-order valence-electron chi connectivity index (χ1n) is 7.01. The second kappa shape index (κ2) is 6.42. The van der Waals surface area contributed by atoms with E-state index in [2.05, 4.69) is 5.32 Å². The molecule has 0 aliphatic heterocycles. The summed E-state index contributed by atoms with van der Waals surface area (Å²) in [5.74, 6) is -2.46. The van der Waals surface area contributed by atoms with Crippen molar-refractivity contribution in [1.82, 2.24) is 5.32 Å². The Morgan fingerprint density at radius 1 is 1.05 bits per heavy atom. The Kier molecular flexibility index (Phi) is 4.86. The van der Waals surface area contributed by atoms with Gasteiger partial charge in [0.25, 0.3) is 0 Å². The summed E-state index contributed by atoms with van der Waals surface area (Å²) in [6.07, 6.45) is 5.47. The minimum absolute atomic E-state index is 0.222. The molecule has 1 unspecified atom stereocenters. The molecule has 1 aromatic rings. The molecule has 4 heteroatoms. The molecule has 0 saturated heterocycles. The highest BCUT2D eigenvalue weighted by Crippen LogP contribution is 2.35. The molecule has 1 saturated carbocycles. The van der Waals surface area contributed by atoms with E-state index >= 15 is 0 Å². The fraction of sp³-hybridized carbons (Fsp3) is 0.600. The Bertz CT molecular complexity index is 428. The Labute approximate surface area is 112 Å². The van der Waals surface area contributed by atoms with Crippen LogP contribution in [-0.2, 0) is 0 Å². The molecule has 1 fully saturated rings. The Morgan fingerprint density at radius 2 is 1.68 bits per heavy atom. The topological polar surface area (TPSA) is 12.0 Å². The molecule has 1 N–H and O–H groups in total. The van der Waals surface area contributed by atoms with E-state index in [9.17, 15) is 13.2 Å². The molecule has 0 aromatic heterocycles. The van der Waals surface area contributed by atoms with E-state index in [0.29, 0.717) is 18.5 Å². The van der Waals surface area contributed by atoms with Crippen LogP contribution in [0.25, 0.3) is 0 Å². The van der Waals surface area contributed by atoms with Crippen molar-refractivity contribution < 1.29 is 13.2 Å². The maximum atomic E-state index is 13.9. The van der Waals surface area contributed by atoms with E-state index in [1.54, 1.807) is 0 Å². The van der Waals surface area contributed by atoms with Crippen molar-refractivity contribution in [2.45, 2.75) is 45.1 Å². The maximum Gasteiger partial charge on any atom is 0.161 e. The van der Waals surface area contributed by atoms with Gasteiger partial charge >= 0.3 is 0 Å². The summed E-state index contributed by atoms with van der Waals surface area (Å²) in [5.41, 5.74) is 0.257. The summed E-state index contributed by atoms with van der Waals surface area (Å²) in [6.45, 7) is 2.62. The first-order valence-corrected chi connectivity index (χ1v) is 7.01. The zero-order valence-corrected chi connectivity index (χ0v) is 11.2. The van der Waals surface area contributed by atoms with Gasteiger partial charge in [0.1, 0.15) is 5.82 Å². The SMILES string of the molecule is CCNC(c1cc(F)c(F)cc1F)C1CCCCC1. The lowest BCUT2D eigenvalue weighted by Gasteiger charge is -2.31. The molecular weight excluding hydrogens is 251 g/mol. The van der Waals surface area contributed by atoms with E-state index in [4.69, 9.17) is 0 Å². The predicted octanol–water partition coefficient (Wildman–Crippen LogP) is 4.33. The standard InChI is InChI=1S/C15H20F3N/c1-2-19-15(10-6-4-3-5-7-10)11-8-13(17)14(18)9-12(11)16/h8-10,15,19H,2-7H2,1H3. The zero-order valence-electron chi connectivity index (χ0n) is 11.2. The summed E-state index contributed by atoms with van der Waals surface area (Å²) in [6, 6.07) is 1.44. The van der Waals surface area contributed by atoms with Gasteiger partial charge in [0.15, 0.2) is 11.6 Å². The van der Waals surface area contributed by atoms with Crippen LogP contribution >= 0.6 is 0 Å². The van der Waals surface area contributed by atoms with Crippen LogP contribution < -0.4 is 5.32 Å². The zero-order chi connectivity index (χ0) is 13.8. The first-order chi connectivity index (χ1) is 9.13. The summed E-state index contributed by atoms with van der Waals surface area (Å²) in [5, 5.41) is 3.23. The molecule has 19 heavy (non-hydrogen) atoms. The molecule has 1 aromatic carbocycles. The smallest absolute Gasteiger partial charge is 0.161 e. The lowest BCUT2D eigenvalue weighted by Crippen LogP contribution is -2.30. The lowest BCUT2D eigenvalue weighted by molar-refractivity contribution is 0.268. The van der Waals surface area contributed by atoms with Crippen molar-refractivity contribution in [3.8, 4) is 0 Å². The number of hydrogen-bond donors (Lipinski definition) is 1. The first kappa shape index (κ1) is 14.4. The number of halogens is 3. The quantitative estimate of drug-likeness (QED) is 0.803. The average molecular weight is 271 g/mol. The molecule has 1 aliphatic rings. The van der Waals surface area contributed by atoms with Crippen LogP contribution in [0.15, 0.2) is 12.1 Å². The van der Waals surface area contributed by atoms with Crippen LogP contribution in [0.3, 0.4) is 0 Å². The molecule has 0 spiro atoms. The van der Waals surface area contributed by atoms with Gasteiger partial charge in [-0.1, -0.05) is 26.2 Å². The van der Waals surface area contributed by atoms with Crippen molar-refractivity contribution in [1.29, 1.82) is 0 Å². The highest BCUT2D eigenvalue weighted by molar-refractivity contribution is 5.24. The number of hydrogen-bond acceptors (Lipinski definition) is 1. The number of nitrogens with one attached hydrogen (secondary N) is 1. The van der Waals surface area contributed by atoms with Crippen molar-refractivity contribution >= 4 is 0 Å². The van der Waals surface area contributed by atoms with Gasteiger partial charge in [-0.25, -0.2) is 13.2 Å². The molecular formula is C15H20F3N. The molecule has 2 rings (SSSR count). The Morgan fingerprint density at radius 3 is 2.32 bits per heavy atom. The fourth-order valence-corrected chi connectivity index (χ4v) is 2.99. The highest BCUT2D eigenvalue weighted by atomic mass is 19.2. The van der Waals surface area contributed by atoms with Gasteiger partial charge in [-0.3, -0.25) is 0 Å². The van der Waals surface area contributed by atoms with E-state index in [1.807, 2.05) is 6.92 Å². The van der Waals surface area contributed by atoms with Crippen molar-refractivity contribution in [2.24, 2.45) is 5.92 Å². The molecule has 0 heterocycles. The highest BCUT2D eigenvalue weighted by Gasteiger charge is 2.27. The van der Waals surface area contributed by atoms with E-state index in [-0.39, 0.29) is 11.6 Å². The van der Waals surface area contributed by atoms with Crippen LogP contribution in [-0.4, -0.2) is 6.54 Å². The van der Waals surface area contributed by atoms with E-state index in [0.717, 1.165) is 31.7 Å². The number of benzene rings is 1. The molecule has 1 aliphatic carbocycles. The van der Waals surface area contributed by atoms with Gasteiger partial charge in [-0.05, 0) is 31.4 Å². The Hall–Kier alpha value is -1.03. The summed E-state index contributed by atoms with van der Waals surface area (Å²) >= 11 is 0. The van der Waals surface area contributed by atoms with Crippen LogP contribution in [0.4, 0.5) is 13.2 Å². The van der Waals surface area contributed by atoms with Gasteiger partial charge in [-0.2, -0.15) is 0 Å². The van der Waals surface area contributed by atoms with Crippen molar-refractivity contribution in [2.75, 3.05) is 6.54 Å². The summed E-state index contributed by atoms with van der Waals surface area (Å²) in [7, 11) is 0. The monoisotopic (exact) mass is 271 g/mol. The third-order valence-electron chi connectivity index (χ3n) is 3.92. The second-order valence-corrected chi connectivity index (χ2v) is 5.22. The number of rotatable bonds is 4. The van der Waals surface area contributed by atoms with Gasteiger partial charge in [0.05, 0.1) is 0 Å². The van der Waals surface area contributed by atoms with E-state index < -0.39 is 17.5 Å². The normalized spacial score (nSPS) is 18.5. The van der Waals surface area contributed by atoms with Crippen LogP contribution in [0, 0.1) is 23.4 Å². The molecule has 1 nitrogen and oxygen atoms in total. The molecule has 0 amide bonds. The fourth-order valence-electron chi connectivity index (χ4n) is 2.99. The average Bonchev–Trinajstić information content (AvgIpc) is 2.42. The molecule has 0 bridgehead atoms. The van der Waals surface area contributed by atoms with Crippen molar-refractivity contribution in [3.63, 3.8) is 0 Å². The third-order valence-corrected chi connectivity index (χ3v) is 3.92. The maximum absolute atomic E-state index is 13.9. The van der Waals surface area contributed by atoms with Gasteiger partial charge < -0.3 is 5.32 Å². The van der Waals surface area contributed by atoms with Crippen LogP contribution in [0.2, 0.25) is 0 Å². The summed E-state index contributed by atoms with van der Waals surface area (Å²) < 4.78 is 40.3. The van der Waals surface area contributed by atoms with E-state index in [1.165, 1.54) is 6.42 Å². The van der Waals surface area contributed by atoms with Crippen LogP contribution in [0.1, 0.15) is 50.6 Å². The van der Waals surface area contributed by atoms with Gasteiger partial charge in [-0.15, -0.1) is 0 Å². The Balaban J connectivity index is 2.29. The van der Waals surface area contributed by atoms with Gasteiger partial charge in [0.2, 0.25) is 0 Å². The molecule has 0 radical (unpaired) electrons. The largest absolute Gasteiger partial charge is 0.310 e. The second-order valence-electron chi connectivity index (χ2n) is 5.22. The van der Waals surface area contributed by atoms with Crippen LogP contribution in [0.5, 0.6) is 0 Å². The summed E-state index contributed by atoms with van der Waals surface area (Å²) in [4.78, 5) is 0. The lowest BCUT2D eigenvalue weighted by atomic mass is 9.81. The minimum atomic E-state index is -1.12. The van der Waals surface area contributed by atoms with Crippen molar-refractivity contribution in [3.05, 3.63) is 35.1 Å². The third kappa shape index (κ3) is 3.30.